The smallest absolute Gasteiger partial charge is 0.141 e. The highest BCUT2D eigenvalue weighted by atomic mass is 19.1. The first kappa shape index (κ1) is 14.0. The Hall–Kier alpha value is -1.00. The van der Waals surface area contributed by atoms with E-state index in [4.69, 9.17) is 5.73 Å². The molecule has 2 aliphatic rings. The molecule has 4 heteroatoms. The zero-order chi connectivity index (χ0) is 14.1. The lowest BCUT2D eigenvalue weighted by atomic mass is 9.78. The number of rotatable bonds is 3. The Morgan fingerprint density at radius 3 is 2.90 bits per heavy atom. The molecule has 20 heavy (non-hydrogen) atoms. The van der Waals surface area contributed by atoms with E-state index in [1.807, 2.05) is 6.07 Å². The largest absolute Gasteiger partial charge is 0.327 e. The molecule has 0 bridgehead atoms. The van der Waals surface area contributed by atoms with Gasteiger partial charge in [-0.05, 0) is 43.2 Å². The molecule has 0 amide bonds. The maximum Gasteiger partial charge on any atom is 0.141 e. The third-order valence-corrected chi connectivity index (χ3v) is 5.10. The van der Waals surface area contributed by atoms with Crippen LogP contribution in [0.5, 0.6) is 0 Å². The van der Waals surface area contributed by atoms with Crippen molar-refractivity contribution in [3.8, 4) is 0 Å². The number of nitrogens with zero attached hydrogens (tertiary/aromatic N) is 2. The van der Waals surface area contributed by atoms with Crippen molar-refractivity contribution >= 4 is 0 Å². The van der Waals surface area contributed by atoms with Gasteiger partial charge in [0.05, 0.1) is 17.9 Å². The third kappa shape index (κ3) is 2.59. The quantitative estimate of drug-likeness (QED) is 0.923. The van der Waals surface area contributed by atoms with E-state index in [1.54, 1.807) is 0 Å². The number of halogens is 1. The topological polar surface area (TPSA) is 42.2 Å². The summed E-state index contributed by atoms with van der Waals surface area (Å²) in [5.41, 5.74) is 7.28. The molecule has 2 heterocycles. The van der Waals surface area contributed by atoms with Gasteiger partial charge < -0.3 is 5.73 Å². The van der Waals surface area contributed by atoms with Crippen molar-refractivity contribution in [2.45, 2.75) is 44.7 Å². The lowest BCUT2D eigenvalue weighted by Gasteiger charge is -2.30. The minimum Gasteiger partial charge on any atom is -0.327 e. The van der Waals surface area contributed by atoms with Gasteiger partial charge in [-0.15, -0.1) is 0 Å². The molecule has 3 rings (SSSR count). The van der Waals surface area contributed by atoms with Gasteiger partial charge in [-0.2, -0.15) is 0 Å². The van der Waals surface area contributed by atoms with E-state index in [0.29, 0.717) is 18.0 Å². The van der Waals surface area contributed by atoms with Gasteiger partial charge in [-0.1, -0.05) is 13.3 Å². The molecule has 3 nitrogen and oxygen atoms in total. The number of nitrogens with two attached hydrogens (primary N) is 1. The first-order valence-electron chi connectivity index (χ1n) is 7.80. The molecule has 0 spiro atoms. The molecule has 1 aromatic rings. The summed E-state index contributed by atoms with van der Waals surface area (Å²) < 4.78 is 13.0. The fraction of sp³-hybridized carbons (Fsp3) is 0.688. The highest BCUT2D eigenvalue weighted by Crippen LogP contribution is 2.39. The SMILES string of the molecule is CCC(c1ccc(F)cn1)N1CC2CCCC(N)C2C1. The van der Waals surface area contributed by atoms with Crippen LogP contribution in [-0.2, 0) is 0 Å². The standard InChI is InChI=1S/C16H24FN3/c1-2-16(15-7-6-12(17)8-19-15)20-9-11-4-3-5-14(18)13(11)10-20/h6-8,11,13-14,16H,2-5,9-10,18H2,1H3. The summed E-state index contributed by atoms with van der Waals surface area (Å²) in [6.07, 6.45) is 6.07. The lowest BCUT2D eigenvalue weighted by Crippen LogP contribution is -2.38. The summed E-state index contributed by atoms with van der Waals surface area (Å²) in [5.74, 6) is 1.12. The van der Waals surface area contributed by atoms with E-state index in [0.717, 1.165) is 31.1 Å². The van der Waals surface area contributed by atoms with Gasteiger partial charge >= 0.3 is 0 Å². The summed E-state index contributed by atoms with van der Waals surface area (Å²) in [6.45, 7) is 4.37. The second kappa shape index (κ2) is 5.78. The number of likely N-dealkylation sites (tertiary alicyclic amines) is 1. The fourth-order valence-corrected chi connectivity index (χ4v) is 4.04. The van der Waals surface area contributed by atoms with Crippen molar-refractivity contribution in [3.63, 3.8) is 0 Å². The van der Waals surface area contributed by atoms with Crippen LogP contribution in [0.4, 0.5) is 4.39 Å². The van der Waals surface area contributed by atoms with Gasteiger partial charge in [-0.25, -0.2) is 4.39 Å². The molecule has 2 fully saturated rings. The van der Waals surface area contributed by atoms with Crippen molar-refractivity contribution in [3.05, 3.63) is 29.8 Å². The van der Waals surface area contributed by atoms with E-state index >= 15 is 0 Å². The predicted octanol–water partition coefficient (Wildman–Crippen LogP) is 2.73. The van der Waals surface area contributed by atoms with Crippen LogP contribution in [0.25, 0.3) is 0 Å². The average Bonchev–Trinajstić information content (AvgIpc) is 2.87. The normalized spacial score (nSPS) is 32.0. The Morgan fingerprint density at radius 1 is 1.40 bits per heavy atom. The monoisotopic (exact) mass is 277 g/mol. The van der Waals surface area contributed by atoms with Crippen molar-refractivity contribution in [1.82, 2.24) is 9.88 Å². The number of pyridine rings is 1. The predicted molar refractivity (Wildman–Crippen MR) is 77.6 cm³/mol. The Balaban J connectivity index is 1.75. The Morgan fingerprint density at radius 2 is 2.25 bits per heavy atom. The zero-order valence-corrected chi connectivity index (χ0v) is 12.1. The first-order valence-corrected chi connectivity index (χ1v) is 7.80. The number of hydrogen-bond donors (Lipinski definition) is 1. The summed E-state index contributed by atoms with van der Waals surface area (Å²) in [7, 11) is 0. The van der Waals surface area contributed by atoms with Crippen LogP contribution in [0.2, 0.25) is 0 Å². The molecular formula is C16H24FN3. The minimum absolute atomic E-state index is 0.263. The van der Waals surface area contributed by atoms with Crippen molar-refractivity contribution < 1.29 is 4.39 Å². The molecular weight excluding hydrogens is 253 g/mol. The summed E-state index contributed by atoms with van der Waals surface area (Å²) in [5, 5.41) is 0. The van der Waals surface area contributed by atoms with Gasteiger partial charge in [0.2, 0.25) is 0 Å². The molecule has 4 unspecified atom stereocenters. The molecule has 4 atom stereocenters. The molecule has 1 aliphatic carbocycles. The number of fused-ring (bicyclic) bond motifs is 1. The van der Waals surface area contributed by atoms with E-state index in [1.165, 1.54) is 31.5 Å². The second-order valence-electron chi connectivity index (χ2n) is 6.30. The first-order chi connectivity index (χ1) is 9.69. The van der Waals surface area contributed by atoms with Crippen molar-refractivity contribution in [2.75, 3.05) is 13.1 Å². The highest BCUT2D eigenvalue weighted by Gasteiger charge is 2.40. The van der Waals surface area contributed by atoms with Gasteiger partial charge in [0, 0.05) is 19.1 Å². The average molecular weight is 277 g/mol. The second-order valence-corrected chi connectivity index (χ2v) is 6.30. The van der Waals surface area contributed by atoms with Crippen LogP contribution < -0.4 is 5.73 Å². The maximum absolute atomic E-state index is 13.0. The van der Waals surface area contributed by atoms with Crippen LogP contribution in [0, 0.1) is 17.7 Å². The van der Waals surface area contributed by atoms with Crippen LogP contribution in [0.15, 0.2) is 18.3 Å². The maximum atomic E-state index is 13.0. The van der Waals surface area contributed by atoms with E-state index < -0.39 is 0 Å². The zero-order valence-electron chi connectivity index (χ0n) is 12.1. The summed E-state index contributed by atoms with van der Waals surface area (Å²) in [6, 6.07) is 4.00. The van der Waals surface area contributed by atoms with Crippen LogP contribution >= 0.6 is 0 Å². The molecule has 1 aromatic heterocycles. The fourth-order valence-electron chi connectivity index (χ4n) is 4.04. The van der Waals surface area contributed by atoms with Gasteiger partial charge in [-0.3, -0.25) is 9.88 Å². The number of hydrogen-bond acceptors (Lipinski definition) is 3. The lowest BCUT2D eigenvalue weighted by molar-refractivity contribution is 0.220. The van der Waals surface area contributed by atoms with Crippen LogP contribution in [0.3, 0.4) is 0 Å². The van der Waals surface area contributed by atoms with Crippen LogP contribution in [0.1, 0.15) is 44.3 Å². The molecule has 1 aliphatic heterocycles. The summed E-state index contributed by atoms with van der Waals surface area (Å²) >= 11 is 0. The minimum atomic E-state index is -0.263. The number of aromatic nitrogens is 1. The van der Waals surface area contributed by atoms with Gasteiger partial charge in [0.1, 0.15) is 5.82 Å². The molecule has 110 valence electrons. The summed E-state index contributed by atoms with van der Waals surface area (Å²) in [4.78, 5) is 6.80. The molecule has 2 N–H and O–H groups in total. The van der Waals surface area contributed by atoms with Crippen molar-refractivity contribution in [2.24, 2.45) is 17.6 Å². The van der Waals surface area contributed by atoms with Crippen LogP contribution in [-0.4, -0.2) is 29.0 Å². The third-order valence-electron chi connectivity index (χ3n) is 5.10. The van der Waals surface area contributed by atoms with Gasteiger partial charge in [0.25, 0.3) is 0 Å². The van der Waals surface area contributed by atoms with Gasteiger partial charge in [0.15, 0.2) is 0 Å². The molecule has 1 saturated heterocycles. The van der Waals surface area contributed by atoms with E-state index in [9.17, 15) is 4.39 Å². The Kier molecular flexibility index (Phi) is 4.03. The Labute approximate surface area is 120 Å². The van der Waals surface area contributed by atoms with Crippen molar-refractivity contribution in [1.29, 1.82) is 0 Å². The Bertz CT molecular complexity index is 448. The molecule has 0 radical (unpaired) electrons. The van der Waals surface area contributed by atoms with E-state index in [2.05, 4.69) is 16.8 Å². The molecule has 1 saturated carbocycles. The van der Waals surface area contributed by atoms with E-state index in [-0.39, 0.29) is 5.82 Å². The molecule has 0 aromatic carbocycles. The highest BCUT2D eigenvalue weighted by molar-refractivity contribution is 5.11.